The van der Waals surface area contributed by atoms with Crippen LogP contribution >= 0.6 is 0 Å². The summed E-state index contributed by atoms with van der Waals surface area (Å²) in [6, 6.07) is 10.3. The Morgan fingerprint density at radius 2 is 1.74 bits per heavy atom. The third kappa shape index (κ3) is 5.27. The van der Waals surface area contributed by atoms with Crippen LogP contribution in [0.2, 0.25) is 0 Å². The highest BCUT2D eigenvalue weighted by atomic mass is 16.5. The van der Waals surface area contributed by atoms with Crippen LogP contribution in [0.4, 0.5) is 0 Å². The van der Waals surface area contributed by atoms with Crippen LogP contribution in [-0.2, 0) is 11.2 Å². The van der Waals surface area contributed by atoms with E-state index in [4.69, 9.17) is 24.1 Å². The van der Waals surface area contributed by atoms with E-state index in [-0.39, 0.29) is 0 Å². The molecule has 2 rings (SSSR count). The Morgan fingerprint density at radius 1 is 1.04 bits per heavy atom. The van der Waals surface area contributed by atoms with Crippen molar-refractivity contribution in [3.05, 3.63) is 47.5 Å². The molecule has 0 heterocycles. The first-order valence-corrected chi connectivity index (χ1v) is 8.40. The van der Waals surface area contributed by atoms with Gasteiger partial charge in [-0.15, -0.1) is 0 Å². The Balaban J connectivity index is 2.14. The summed E-state index contributed by atoms with van der Waals surface area (Å²) in [5, 5.41) is 19.2. The van der Waals surface area contributed by atoms with Crippen molar-refractivity contribution in [3.63, 3.8) is 0 Å². The Bertz CT molecular complexity index is 773. The molecule has 0 aliphatic rings. The van der Waals surface area contributed by atoms with Crippen LogP contribution in [0.1, 0.15) is 23.7 Å². The molecule has 0 aliphatic heterocycles. The monoisotopic (exact) mass is 376 g/mol. The van der Waals surface area contributed by atoms with Crippen LogP contribution < -0.4 is 18.9 Å². The summed E-state index contributed by atoms with van der Waals surface area (Å²) < 4.78 is 21.3. The van der Waals surface area contributed by atoms with E-state index < -0.39 is 18.7 Å². The number of carboxylic acids is 1. The molecule has 0 radical (unpaired) electrons. The molecule has 0 saturated carbocycles. The Labute approximate surface area is 158 Å². The molecule has 0 fully saturated rings. The second-order valence-electron chi connectivity index (χ2n) is 5.79. The molecule has 0 aliphatic carbocycles. The fourth-order valence-corrected chi connectivity index (χ4v) is 2.81. The third-order valence-corrected chi connectivity index (χ3v) is 4.10. The molecule has 7 nitrogen and oxygen atoms in total. The van der Waals surface area contributed by atoms with Crippen molar-refractivity contribution >= 4 is 5.97 Å². The minimum absolute atomic E-state index is 0.394. The molecule has 1 atom stereocenters. The number of aliphatic hydroxyl groups is 1. The van der Waals surface area contributed by atoms with E-state index in [1.165, 1.54) is 0 Å². The van der Waals surface area contributed by atoms with Gasteiger partial charge < -0.3 is 29.2 Å². The molecule has 146 valence electrons. The summed E-state index contributed by atoms with van der Waals surface area (Å²) >= 11 is 0. The summed E-state index contributed by atoms with van der Waals surface area (Å²) in [6.45, 7) is -0.433. The van der Waals surface area contributed by atoms with Gasteiger partial charge in [-0.25, -0.2) is 4.79 Å². The number of carboxylic acid groups (broad SMARTS) is 1. The zero-order chi connectivity index (χ0) is 19.8. The van der Waals surface area contributed by atoms with E-state index in [9.17, 15) is 9.90 Å². The number of rotatable bonds is 10. The van der Waals surface area contributed by atoms with Crippen molar-refractivity contribution in [1.29, 1.82) is 0 Å². The second-order valence-corrected chi connectivity index (χ2v) is 5.79. The lowest BCUT2D eigenvalue weighted by Crippen LogP contribution is -2.09. The van der Waals surface area contributed by atoms with Gasteiger partial charge in [0.15, 0.2) is 18.1 Å². The van der Waals surface area contributed by atoms with Crippen molar-refractivity contribution in [3.8, 4) is 23.0 Å². The topological polar surface area (TPSA) is 94.5 Å². The highest BCUT2D eigenvalue weighted by Crippen LogP contribution is 2.39. The average Bonchev–Trinajstić information content (AvgIpc) is 2.69. The number of methoxy groups -OCH3 is 3. The average molecular weight is 376 g/mol. The predicted molar refractivity (Wildman–Crippen MR) is 99.0 cm³/mol. The first kappa shape index (κ1) is 20.4. The smallest absolute Gasteiger partial charge is 0.341 e. The van der Waals surface area contributed by atoms with Crippen molar-refractivity contribution in [2.24, 2.45) is 0 Å². The molecule has 7 heteroatoms. The van der Waals surface area contributed by atoms with Crippen LogP contribution in [-0.4, -0.2) is 44.1 Å². The predicted octanol–water partition coefficient (Wildman–Crippen LogP) is 2.84. The summed E-state index contributed by atoms with van der Waals surface area (Å²) in [6.07, 6.45) is 0.131. The SMILES string of the molecule is COc1ccc(OC)c(OC)c1CCC(O)c1cccc(OCC(=O)O)c1. The summed E-state index contributed by atoms with van der Waals surface area (Å²) in [5.74, 6) is 1.15. The number of hydrogen-bond donors (Lipinski definition) is 2. The highest BCUT2D eigenvalue weighted by Gasteiger charge is 2.18. The Kier molecular flexibility index (Phi) is 7.31. The first-order valence-electron chi connectivity index (χ1n) is 8.40. The van der Waals surface area contributed by atoms with Gasteiger partial charge in [0, 0.05) is 5.56 Å². The van der Waals surface area contributed by atoms with Crippen LogP contribution in [0.5, 0.6) is 23.0 Å². The molecule has 0 spiro atoms. The van der Waals surface area contributed by atoms with Crippen LogP contribution in [0, 0.1) is 0 Å². The minimum atomic E-state index is -1.06. The van der Waals surface area contributed by atoms with Gasteiger partial charge in [0.1, 0.15) is 11.5 Å². The molecule has 27 heavy (non-hydrogen) atoms. The summed E-state index contributed by atoms with van der Waals surface area (Å²) in [5.41, 5.74) is 1.44. The number of aliphatic carboxylic acids is 1. The molecule has 0 amide bonds. The molecule has 0 aromatic heterocycles. The van der Waals surface area contributed by atoms with Crippen LogP contribution in [0.25, 0.3) is 0 Å². The standard InChI is InChI=1S/C20H24O7/c1-24-17-9-10-18(25-2)20(26-3)15(17)7-8-16(21)13-5-4-6-14(11-13)27-12-19(22)23/h4-6,9-11,16,21H,7-8,12H2,1-3H3,(H,22,23). The lowest BCUT2D eigenvalue weighted by Gasteiger charge is -2.18. The Morgan fingerprint density at radius 3 is 2.37 bits per heavy atom. The maximum Gasteiger partial charge on any atom is 0.341 e. The van der Waals surface area contributed by atoms with Gasteiger partial charge >= 0.3 is 5.97 Å². The van der Waals surface area contributed by atoms with E-state index in [0.717, 1.165) is 5.56 Å². The number of carbonyl (C=O) groups is 1. The molecular formula is C20H24O7. The fraction of sp³-hybridized carbons (Fsp3) is 0.350. The molecular weight excluding hydrogens is 352 g/mol. The van der Waals surface area contributed by atoms with Crippen molar-refractivity contribution in [2.75, 3.05) is 27.9 Å². The molecule has 0 saturated heterocycles. The van der Waals surface area contributed by atoms with Gasteiger partial charge in [-0.05, 0) is 42.7 Å². The van der Waals surface area contributed by atoms with E-state index in [1.807, 2.05) is 0 Å². The summed E-state index contributed by atoms with van der Waals surface area (Å²) in [7, 11) is 4.69. The Hall–Kier alpha value is -2.93. The third-order valence-electron chi connectivity index (χ3n) is 4.10. The van der Waals surface area contributed by atoms with Gasteiger partial charge in [-0.3, -0.25) is 0 Å². The zero-order valence-electron chi connectivity index (χ0n) is 15.6. The second kappa shape index (κ2) is 9.68. The molecule has 0 bridgehead atoms. The largest absolute Gasteiger partial charge is 0.496 e. The van der Waals surface area contributed by atoms with E-state index >= 15 is 0 Å². The first-order chi connectivity index (χ1) is 13.0. The number of hydrogen-bond acceptors (Lipinski definition) is 6. The quantitative estimate of drug-likeness (QED) is 0.658. The molecule has 2 aromatic carbocycles. The minimum Gasteiger partial charge on any atom is -0.496 e. The van der Waals surface area contributed by atoms with E-state index in [1.54, 1.807) is 57.7 Å². The van der Waals surface area contributed by atoms with Crippen molar-refractivity contribution in [2.45, 2.75) is 18.9 Å². The molecule has 2 aromatic rings. The van der Waals surface area contributed by atoms with Gasteiger partial charge in [0.25, 0.3) is 0 Å². The van der Waals surface area contributed by atoms with E-state index in [2.05, 4.69) is 0 Å². The van der Waals surface area contributed by atoms with Gasteiger partial charge in [-0.2, -0.15) is 0 Å². The number of ether oxygens (including phenoxy) is 4. The highest BCUT2D eigenvalue weighted by molar-refractivity contribution is 5.68. The maximum atomic E-state index is 10.6. The van der Waals surface area contributed by atoms with Crippen LogP contribution in [0.15, 0.2) is 36.4 Å². The fourth-order valence-electron chi connectivity index (χ4n) is 2.81. The van der Waals surface area contributed by atoms with Gasteiger partial charge in [0.05, 0.1) is 27.4 Å². The van der Waals surface area contributed by atoms with Crippen LogP contribution in [0.3, 0.4) is 0 Å². The van der Waals surface area contributed by atoms with Gasteiger partial charge in [0.2, 0.25) is 0 Å². The lowest BCUT2D eigenvalue weighted by atomic mass is 9.99. The zero-order valence-corrected chi connectivity index (χ0v) is 15.6. The summed E-state index contributed by atoms with van der Waals surface area (Å²) in [4.78, 5) is 10.6. The number of benzene rings is 2. The van der Waals surface area contributed by atoms with Crippen molar-refractivity contribution < 1.29 is 34.0 Å². The van der Waals surface area contributed by atoms with Crippen molar-refractivity contribution in [1.82, 2.24) is 0 Å². The normalized spacial score (nSPS) is 11.6. The molecule has 1 unspecified atom stereocenters. The lowest BCUT2D eigenvalue weighted by molar-refractivity contribution is -0.139. The maximum absolute atomic E-state index is 10.6. The van der Waals surface area contributed by atoms with E-state index in [0.29, 0.717) is 41.4 Å². The van der Waals surface area contributed by atoms with Gasteiger partial charge in [-0.1, -0.05) is 12.1 Å². The number of aliphatic hydroxyl groups excluding tert-OH is 1. The molecule has 2 N–H and O–H groups in total.